The number of hydrogen-bond donors (Lipinski definition) is 2. The molecule has 1 fully saturated rings. The SMILES string of the molecule is OCC1CCN(Cc2ccccc2NCc2nc(-c3cccs3)no2)CC1. The maximum absolute atomic E-state index is 9.30. The Morgan fingerprint density at radius 2 is 2.04 bits per heavy atom. The second kappa shape index (κ2) is 8.65. The van der Waals surface area contributed by atoms with Crippen molar-refractivity contribution in [2.24, 2.45) is 5.92 Å². The van der Waals surface area contributed by atoms with Gasteiger partial charge in [-0.25, -0.2) is 0 Å². The summed E-state index contributed by atoms with van der Waals surface area (Å²) in [6.07, 6.45) is 2.14. The molecule has 2 N–H and O–H groups in total. The number of piperidine rings is 1. The number of benzene rings is 1. The molecular weight excluding hydrogens is 360 g/mol. The Labute approximate surface area is 162 Å². The van der Waals surface area contributed by atoms with Crippen molar-refractivity contribution < 1.29 is 9.63 Å². The summed E-state index contributed by atoms with van der Waals surface area (Å²) >= 11 is 1.60. The van der Waals surface area contributed by atoms with Gasteiger partial charge in [-0.15, -0.1) is 11.3 Å². The number of hydrogen-bond acceptors (Lipinski definition) is 7. The molecule has 1 aliphatic heterocycles. The summed E-state index contributed by atoms with van der Waals surface area (Å²) in [6, 6.07) is 12.3. The van der Waals surface area contributed by atoms with Crippen LogP contribution in [0.3, 0.4) is 0 Å². The summed E-state index contributed by atoms with van der Waals surface area (Å²) in [4.78, 5) is 7.93. The number of para-hydroxylation sites is 1. The minimum atomic E-state index is 0.309. The molecule has 0 spiro atoms. The summed E-state index contributed by atoms with van der Waals surface area (Å²) in [5.74, 6) is 1.68. The van der Waals surface area contributed by atoms with Crippen molar-refractivity contribution in [1.82, 2.24) is 15.0 Å². The molecule has 142 valence electrons. The van der Waals surface area contributed by atoms with Crippen LogP contribution in [-0.2, 0) is 13.1 Å². The molecule has 1 aromatic carbocycles. The summed E-state index contributed by atoms with van der Waals surface area (Å²) < 4.78 is 5.37. The van der Waals surface area contributed by atoms with Gasteiger partial charge in [0.1, 0.15) is 0 Å². The monoisotopic (exact) mass is 384 g/mol. The first-order valence-corrected chi connectivity index (χ1v) is 10.2. The van der Waals surface area contributed by atoms with Gasteiger partial charge in [0.2, 0.25) is 11.7 Å². The van der Waals surface area contributed by atoms with Crippen molar-refractivity contribution in [2.75, 3.05) is 25.0 Å². The van der Waals surface area contributed by atoms with E-state index in [0.717, 1.165) is 43.0 Å². The minimum absolute atomic E-state index is 0.309. The van der Waals surface area contributed by atoms with E-state index in [1.807, 2.05) is 23.6 Å². The van der Waals surface area contributed by atoms with E-state index in [1.165, 1.54) is 5.56 Å². The van der Waals surface area contributed by atoms with Gasteiger partial charge in [-0.3, -0.25) is 4.90 Å². The van der Waals surface area contributed by atoms with Gasteiger partial charge in [-0.05, 0) is 54.9 Å². The number of aliphatic hydroxyl groups is 1. The predicted molar refractivity (Wildman–Crippen MR) is 106 cm³/mol. The van der Waals surface area contributed by atoms with Crippen molar-refractivity contribution in [3.05, 3.63) is 53.2 Å². The molecular formula is C20H24N4O2S. The molecule has 4 rings (SSSR count). The normalized spacial score (nSPS) is 15.9. The first kappa shape index (κ1) is 18.2. The van der Waals surface area contributed by atoms with Crippen molar-refractivity contribution in [2.45, 2.75) is 25.9 Å². The molecule has 0 saturated carbocycles. The van der Waals surface area contributed by atoms with Gasteiger partial charge in [0.25, 0.3) is 0 Å². The molecule has 1 aliphatic rings. The maximum atomic E-state index is 9.30. The molecule has 0 amide bonds. The smallest absolute Gasteiger partial charge is 0.246 e. The van der Waals surface area contributed by atoms with Crippen molar-refractivity contribution in [3.63, 3.8) is 0 Å². The van der Waals surface area contributed by atoms with Crippen LogP contribution in [-0.4, -0.2) is 39.8 Å². The van der Waals surface area contributed by atoms with Crippen LogP contribution in [0.2, 0.25) is 0 Å². The van der Waals surface area contributed by atoms with Crippen LogP contribution in [0, 0.1) is 5.92 Å². The van der Waals surface area contributed by atoms with Crippen molar-refractivity contribution in [3.8, 4) is 10.7 Å². The molecule has 7 heteroatoms. The average Bonchev–Trinajstić information content (AvgIpc) is 3.40. The highest BCUT2D eigenvalue weighted by molar-refractivity contribution is 7.13. The van der Waals surface area contributed by atoms with Gasteiger partial charge in [0.05, 0.1) is 11.4 Å². The predicted octanol–water partition coefficient (Wildman–Crippen LogP) is 3.61. The topological polar surface area (TPSA) is 74.4 Å². The first-order valence-electron chi connectivity index (χ1n) is 9.33. The van der Waals surface area contributed by atoms with Crippen LogP contribution in [0.5, 0.6) is 0 Å². The van der Waals surface area contributed by atoms with E-state index in [0.29, 0.717) is 30.8 Å². The molecule has 6 nitrogen and oxygen atoms in total. The van der Waals surface area contributed by atoms with Gasteiger partial charge in [0.15, 0.2) is 0 Å². The highest BCUT2D eigenvalue weighted by Crippen LogP contribution is 2.24. The maximum Gasteiger partial charge on any atom is 0.246 e. The second-order valence-electron chi connectivity index (χ2n) is 6.90. The third-order valence-corrected chi connectivity index (χ3v) is 5.88. The zero-order chi connectivity index (χ0) is 18.5. The zero-order valence-electron chi connectivity index (χ0n) is 15.2. The number of anilines is 1. The molecule has 1 saturated heterocycles. The van der Waals surface area contributed by atoms with Crippen LogP contribution < -0.4 is 5.32 Å². The fourth-order valence-corrected chi connectivity index (χ4v) is 4.05. The molecule has 2 aromatic heterocycles. The number of likely N-dealkylation sites (tertiary alicyclic amines) is 1. The zero-order valence-corrected chi connectivity index (χ0v) is 16.0. The first-order chi connectivity index (χ1) is 13.3. The standard InChI is InChI=1S/C20H24N4O2S/c25-14-15-7-9-24(10-8-15)13-16-4-1-2-5-17(16)21-12-19-22-20(23-26-19)18-6-3-11-27-18/h1-6,11,15,21,25H,7-10,12-14H2. The Bertz CT molecular complexity index is 841. The van der Waals surface area contributed by atoms with Gasteiger partial charge in [0, 0.05) is 18.8 Å². The van der Waals surface area contributed by atoms with Crippen LogP contribution in [0.25, 0.3) is 10.7 Å². The second-order valence-corrected chi connectivity index (χ2v) is 7.85. The Morgan fingerprint density at radius 3 is 2.81 bits per heavy atom. The number of nitrogens with one attached hydrogen (secondary N) is 1. The lowest BCUT2D eigenvalue weighted by Crippen LogP contribution is -2.34. The van der Waals surface area contributed by atoms with Crippen molar-refractivity contribution in [1.29, 1.82) is 0 Å². The van der Waals surface area contributed by atoms with E-state index in [9.17, 15) is 5.11 Å². The quantitative estimate of drug-likeness (QED) is 0.648. The van der Waals surface area contributed by atoms with Gasteiger partial charge >= 0.3 is 0 Å². The van der Waals surface area contributed by atoms with Crippen LogP contribution in [0.4, 0.5) is 5.69 Å². The van der Waals surface area contributed by atoms with E-state index in [4.69, 9.17) is 4.52 Å². The van der Waals surface area contributed by atoms with Crippen LogP contribution >= 0.6 is 11.3 Å². The van der Waals surface area contributed by atoms with Crippen LogP contribution in [0.1, 0.15) is 24.3 Å². The fraction of sp³-hybridized carbons (Fsp3) is 0.400. The minimum Gasteiger partial charge on any atom is -0.396 e. The molecule has 0 unspecified atom stereocenters. The molecule has 0 atom stereocenters. The number of aromatic nitrogens is 2. The molecule has 3 aromatic rings. The summed E-state index contributed by atoms with van der Waals surface area (Å²) in [5, 5.41) is 18.8. The van der Waals surface area contributed by atoms with E-state index >= 15 is 0 Å². The fourth-order valence-electron chi connectivity index (χ4n) is 3.40. The Hall–Kier alpha value is -2.22. The number of thiophene rings is 1. The van der Waals surface area contributed by atoms with Crippen LogP contribution in [0.15, 0.2) is 46.3 Å². The van der Waals surface area contributed by atoms with E-state index in [-0.39, 0.29) is 0 Å². The highest BCUT2D eigenvalue weighted by atomic mass is 32.1. The molecule has 3 heterocycles. The molecule has 0 bridgehead atoms. The van der Waals surface area contributed by atoms with Gasteiger partial charge in [-0.1, -0.05) is 29.4 Å². The highest BCUT2D eigenvalue weighted by Gasteiger charge is 2.19. The lowest BCUT2D eigenvalue weighted by atomic mass is 9.97. The molecule has 0 aliphatic carbocycles. The lowest BCUT2D eigenvalue weighted by molar-refractivity contribution is 0.127. The van der Waals surface area contributed by atoms with E-state index in [2.05, 4.69) is 38.6 Å². The Kier molecular flexibility index (Phi) is 5.81. The van der Waals surface area contributed by atoms with E-state index < -0.39 is 0 Å². The third kappa shape index (κ3) is 4.55. The molecule has 0 radical (unpaired) electrons. The lowest BCUT2D eigenvalue weighted by Gasteiger charge is -2.31. The summed E-state index contributed by atoms with van der Waals surface area (Å²) in [7, 11) is 0. The average molecular weight is 385 g/mol. The van der Waals surface area contributed by atoms with Gasteiger partial charge < -0.3 is 14.9 Å². The Balaban J connectivity index is 1.37. The summed E-state index contributed by atoms with van der Waals surface area (Å²) in [5.41, 5.74) is 2.36. The third-order valence-electron chi connectivity index (χ3n) is 5.02. The van der Waals surface area contributed by atoms with Crippen molar-refractivity contribution >= 4 is 17.0 Å². The number of aliphatic hydroxyl groups excluding tert-OH is 1. The van der Waals surface area contributed by atoms with E-state index in [1.54, 1.807) is 11.3 Å². The summed E-state index contributed by atoms with van der Waals surface area (Å²) in [6.45, 7) is 3.79. The molecule has 27 heavy (non-hydrogen) atoms. The van der Waals surface area contributed by atoms with Gasteiger partial charge in [-0.2, -0.15) is 4.98 Å². The largest absolute Gasteiger partial charge is 0.396 e. The number of nitrogens with zero attached hydrogens (tertiary/aromatic N) is 3. The number of rotatable bonds is 7. The Morgan fingerprint density at radius 1 is 1.19 bits per heavy atom.